The lowest BCUT2D eigenvalue weighted by atomic mass is 10.3. The van der Waals surface area contributed by atoms with Gasteiger partial charge in [0.25, 0.3) is 0 Å². The topological polar surface area (TPSA) is 147 Å². The predicted octanol–water partition coefficient (Wildman–Crippen LogP) is -0.794. The van der Waals surface area contributed by atoms with Crippen molar-refractivity contribution in [1.29, 1.82) is 0 Å². The fraction of sp³-hybridized carbons (Fsp3) is 0.333. The van der Waals surface area contributed by atoms with Gasteiger partial charge >= 0.3 is 5.69 Å². The van der Waals surface area contributed by atoms with Crippen LogP contribution in [0.25, 0.3) is 11.5 Å². The minimum atomic E-state index is -0.536. The van der Waals surface area contributed by atoms with Gasteiger partial charge < -0.3 is 4.57 Å². The zero-order valence-electron chi connectivity index (χ0n) is 11.2. The van der Waals surface area contributed by atoms with Gasteiger partial charge in [-0.05, 0) is 0 Å². The summed E-state index contributed by atoms with van der Waals surface area (Å²) < 4.78 is 2.90. The molecule has 11 nitrogen and oxygen atoms in total. The van der Waals surface area contributed by atoms with E-state index in [1.165, 1.54) is 4.68 Å². The van der Waals surface area contributed by atoms with Crippen LogP contribution in [0.2, 0.25) is 0 Å². The van der Waals surface area contributed by atoms with E-state index in [1.807, 2.05) is 5.43 Å². The van der Waals surface area contributed by atoms with E-state index >= 15 is 0 Å². The fourth-order valence-corrected chi connectivity index (χ4v) is 2.36. The summed E-state index contributed by atoms with van der Waals surface area (Å²) in [7, 11) is 3.22. The number of nitro groups is 1. The highest BCUT2D eigenvalue weighted by Gasteiger charge is 2.25. The van der Waals surface area contributed by atoms with Crippen molar-refractivity contribution in [2.24, 2.45) is 19.9 Å². The summed E-state index contributed by atoms with van der Waals surface area (Å²) in [6, 6.07) is 0. The number of hydrogen-bond donors (Lipinski definition) is 2. The first-order valence-electron chi connectivity index (χ1n) is 5.64. The standard InChI is InChI=1S/C9H12N8O3S/c1-15-8(7-5(17(19)20)3-11-16(7)2)13-14-9(15)21-4-6(18)12-10/h3H,4,10H2,1-2H3,(H,12,18). The summed E-state index contributed by atoms with van der Waals surface area (Å²) in [6.07, 6.45) is 1.15. The summed E-state index contributed by atoms with van der Waals surface area (Å²) in [5.41, 5.74) is 2.08. The fourth-order valence-electron chi connectivity index (χ4n) is 1.64. The lowest BCUT2D eigenvalue weighted by Crippen LogP contribution is -2.31. The van der Waals surface area contributed by atoms with Crippen molar-refractivity contribution in [3.05, 3.63) is 16.3 Å². The Hall–Kier alpha value is -2.47. The maximum atomic E-state index is 11.1. The van der Waals surface area contributed by atoms with Crippen molar-refractivity contribution in [2.75, 3.05) is 5.75 Å². The van der Waals surface area contributed by atoms with Crippen LogP contribution in [0.15, 0.2) is 11.4 Å². The first-order valence-corrected chi connectivity index (χ1v) is 6.62. The highest BCUT2D eigenvalue weighted by atomic mass is 32.2. The molecule has 0 atom stereocenters. The SMILES string of the molecule is Cn1ncc([N+](=O)[O-])c1-c1nnc(SCC(=O)NN)n1C. The molecule has 112 valence electrons. The number of hydrogen-bond acceptors (Lipinski definition) is 8. The van der Waals surface area contributed by atoms with Gasteiger partial charge in [0.2, 0.25) is 5.91 Å². The number of hydrazine groups is 1. The zero-order valence-corrected chi connectivity index (χ0v) is 12.0. The van der Waals surface area contributed by atoms with E-state index in [2.05, 4.69) is 15.3 Å². The molecule has 21 heavy (non-hydrogen) atoms. The summed E-state index contributed by atoms with van der Waals surface area (Å²) >= 11 is 1.12. The average molecular weight is 312 g/mol. The third kappa shape index (κ3) is 2.85. The number of carbonyl (C=O) groups is 1. The molecule has 0 aromatic carbocycles. The molecule has 0 radical (unpaired) electrons. The van der Waals surface area contributed by atoms with Gasteiger partial charge in [-0.25, -0.2) is 5.84 Å². The van der Waals surface area contributed by atoms with Crippen LogP contribution in [0.4, 0.5) is 5.69 Å². The van der Waals surface area contributed by atoms with Crippen LogP contribution >= 0.6 is 11.8 Å². The number of carbonyl (C=O) groups excluding carboxylic acids is 1. The van der Waals surface area contributed by atoms with Gasteiger partial charge in [0.05, 0.1) is 10.7 Å². The Morgan fingerprint density at radius 2 is 2.24 bits per heavy atom. The van der Waals surface area contributed by atoms with E-state index in [0.29, 0.717) is 5.16 Å². The molecule has 0 spiro atoms. The molecule has 0 aliphatic carbocycles. The molecule has 0 aliphatic rings. The Bertz CT molecular complexity index is 693. The van der Waals surface area contributed by atoms with Crippen molar-refractivity contribution >= 4 is 23.4 Å². The van der Waals surface area contributed by atoms with Crippen LogP contribution < -0.4 is 11.3 Å². The quantitative estimate of drug-likeness (QED) is 0.240. The lowest BCUT2D eigenvalue weighted by molar-refractivity contribution is -0.384. The van der Waals surface area contributed by atoms with Crippen molar-refractivity contribution in [3.8, 4) is 11.5 Å². The molecule has 1 amide bonds. The molecule has 0 fully saturated rings. The smallest absolute Gasteiger partial charge is 0.304 e. The molecule has 12 heteroatoms. The van der Waals surface area contributed by atoms with Gasteiger partial charge in [0.15, 0.2) is 16.7 Å². The number of nitrogens with two attached hydrogens (primary N) is 1. The molecule has 0 saturated carbocycles. The molecule has 0 saturated heterocycles. The highest BCUT2D eigenvalue weighted by molar-refractivity contribution is 7.99. The Morgan fingerprint density at radius 3 is 2.86 bits per heavy atom. The first kappa shape index (κ1) is 14.9. The predicted molar refractivity (Wildman–Crippen MR) is 72.9 cm³/mol. The van der Waals surface area contributed by atoms with Crippen molar-refractivity contribution in [1.82, 2.24) is 30.0 Å². The normalized spacial score (nSPS) is 10.6. The van der Waals surface area contributed by atoms with E-state index in [9.17, 15) is 14.9 Å². The second-order valence-electron chi connectivity index (χ2n) is 3.98. The Labute approximate surface area is 122 Å². The molecule has 0 bridgehead atoms. The van der Waals surface area contributed by atoms with Crippen molar-refractivity contribution in [3.63, 3.8) is 0 Å². The molecule has 2 aromatic rings. The molecule has 3 N–H and O–H groups in total. The van der Waals surface area contributed by atoms with Crippen LogP contribution in [-0.2, 0) is 18.9 Å². The van der Waals surface area contributed by atoms with E-state index in [-0.39, 0.29) is 28.9 Å². The second kappa shape index (κ2) is 5.88. The molecule has 0 unspecified atom stereocenters. The van der Waals surface area contributed by atoms with Crippen LogP contribution in [-0.4, -0.2) is 41.1 Å². The maximum absolute atomic E-state index is 11.1. The number of thioether (sulfide) groups is 1. The van der Waals surface area contributed by atoms with Gasteiger partial charge in [0.1, 0.15) is 6.20 Å². The van der Waals surface area contributed by atoms with Gasteiger partial charge in [-0.1, -0.05) is 11.8 Å². The number of aryl methyl sites for hydroxylation is 1. The van der Waals surface area contributed by atoms with E-state index in [4.69, 9.17) is 5.84 Å². The van der Waals surface area contributed by atoms with E-state index in [1.54, 1.807) is 18.7 Å². The zero-order chi connectivity index (χ0) is 15.6. The highest BCUT2D eigenvalue weighted by Crippen LogP contribution is 2.29. The number of rotatable bonds is 5. The van der Waals surface area contributed by atoms with E-state index < -0.39 is 4.92 Å². The summed E-state index contributed by atoms with van der Waals surface area (Å²) in [6.45, 7) is 0. The average Bonchev–Trinajstić information content (AvgIpc) is 2.99. The monoisotopic (exact) mass is 312 g/mol. The number of nitrogens with zero attached hydrogens (tertiary/aromatic N) is 6. The third-order valence-corrected chi connectivity index (χ3v) is 3.68. The minimum Gasteiger partial charge on any atom is -0.304 e. The van der Waals surface area contributed by atoms with Crippen molar-refractivity contribution in [2.45, 2.75) is 5.16 Å². The molecule has 2 aromatic heterocycles. The lowest BCUT2D eigenvalue weighted by Gasteiger charge is -2.03. The van der Waals surface area contributed by atoms with Gasteiger partial charge in [-0.15, -0.1) is 10.2 Å². The van der Waals surface area contributed by atoms with Crippen LogP contribution in [0, 0.1) is 10.1 Å². The summed E-state index contributed by atoms with van der Waals surface area (Å²) in [5.74, 6) is 4.98. The van der Waals surface area contributed by atoms with Crippen molar-refractivity contribution < 1.29 is 9.72 Å². The number of nitrogens with one attached hydrogen (secondary N) is 1. The van der Waals surface area contributed by atoms with Crippen LogP contribution in [0.3, 0.4) is 0 Å². The second-order valence-corrected chi connectivity index (χ2v) is 4.92. The minimum absolute atomic E-state index is 0.0654. The summed E-state index contributed by atoms with van der Waals surface area (Å²) in [4.78, 5) is 21.6. The molecule has 2 heterocycles. The van der Waals surface area contributed by atoms with Crippen LogP contribution in [0.5, 0.6) is 0 Å². The maximum Gasteiger partial charge on any atom is 0.318 e. The molecular formula is C9H12N8O3S. The van der Waals surface area contributed by atoms with Crippen LogP contribution in [0.1, 0.15) is 0 Å². The molecule has 2 rings (SSSR count). The van der Waals surface area contributed by atoms with Gasteiger partial charge in [-0.3, -0.25) is 25.0 Å². The van der Waals surface area contributed by atoms with Gasteiger partial charge in [0, 0.05) is 14.1 Å². The number of aromatic nitrogens is 5. The molecular weight excluding hydrogens is 300 g/mol. The first-order chi connectivity index (χ1) is 9.95. The third-order valence-electron chi connectivity index (χ3n) is 2.66. The number of amides is 1. The Morgan fingerprint density at radius 1 is 1.52 bits per heavy atom. The Kier molecular flexibility index (Phi) is 4.18. The molecule has 0 aliphatic heterocycles. The summed E-state index contributed by atoms with van der Waals surface area (Å²) in [5, 5.41) is 23.1. The van der Waals surface area contributed by atoms with E-state index in [0.717, 1.165) is 18.0 Å². The Balaban J connectivity index is 2.35. The van der Waals surface area contributed by atoms with Gasteiger partial charge in [-0.2, -0.15) is 5.10 Å². The largest absolute Gasteiger partial charge is 0.318 e.